The van der Waals surface area contributed by atoms with Crippen LogP contribution in [0.5, 0.6) is 0 Å². The molecule has 1 fully saturated rings. The summed E-state index contributed by atoms with van der Waals surface area (Å²) in [5.74, 6) is 0.587. The molecule has 1 aromatic heterocycles. The van der Waals surface area contributed by atoms with Crippen LogP contribution in [0.1, 0.15) is 51.4 Å². The van der Waals surface area contributed by atoms with E-state index in [0.29, 0.717) is 11.3 Å². The van der Waals surface area contributed by atoms with E-state index in [1.54, 1.807) is 0 Å². The second-order valence-corrected chi connectivity index (χ2v) is 6.92. The minimum absolute atomic E-state index is 0.176. The number of aromatic nitrogens is 2. The zero-order valence-electron chi connectivity index (χ0n) is 12.5. The Kier molecular flexibility index (Phi) is 4.26. The van der Waals surface area contributed by atoms with Crippen molar-refractivity contribution in [2.45, 2.75) is 58.9 Å². The summed E-state index contributed by atoms with van der Waals surface area (Å²) in [6.45, 7) is 6.76. The normalized spacial score (nSPS) is 23.8. The molecule has 0 amide bonds. The molecule has 1 aliphatic carbocycles. The molecular formula is C15H26ClN3. The number of nitrogens with zero attached hydrogens (tertiary/aromatic N) is 2. The van der Waals surface area contributed by atoms with Gasteiger partial charge in [-0.05, 0) is 30.6 Å². The van der Waals surface area contributed by atoms with E-state index >= 15 is 0 Å². The van der Waals surface area contributed by atoms with E-state index in [0.717, 1.165) is 29.3 Å². The lowest BCUT2D eigenvalue weighted by Crippen LogP contribution is -2.38. The van der Waals surface area contributed by atoms with E-state index < -0.39 is 0 Å². The molecule has 0 saturated heterocycles. The molecule has 1 aliphatic rings. The summed E-state index contributed by atoms with van der Waals surface area (Å²) < 4.78 is 1.91. The van der Waals surface area contributed by atoms with Crippen LogP contribution in [-0.4, -0.2) is 15.8 Å². The molecular weight excluding hydrogens is 258 g/mol. The van der Waals surface area contributed by atoms with Crippen molar-refractivity contribution >= 4 is 11.6 Å². The maximum atomic E-state index is 6.48. The fourth-order valence-electron chi connectivity index (χ4n) is 3.55. The molecule has 0 radical (unpaired) electrons. The number of hydrogen-bond donors (Lipinski definition) is 1. The van der Waals surface area contributed by atoms with Gasteiger partial charge in [0.2, 0.25) is 0 Å². The number of halogens is 1. The van der Waals surface area contributed by atoms with Crippen molar-refractivity contribution in [3.63, 3.8) is 0 Å². The van der Waals surface area contributed by atoms with E-state index in [9.17, 15) is 0 Å². The highest BCUT2D eigenvalue weighted by atomic mass is 35.5. The molecule has 2 atom stereocenters. The van der Waals surface area contributed by atoms with E-state index in [4.69, 9.17) is 17.3 Å². The third-order valence-corrected chi connectivity index (χ3v) is 5.23. The molecule has 2 N–H and O–H groups in total. The molecule has 1 aromatic rings. The molecule has 4 heteroatoms. The Bertz CT molecular complexity index is 450. The first kappa shape index (κ1) is 14.9. The summed E-state index contributed by atoms with van der Waals surface area (Å²) in [5, 5.41) is 5.29. The molecule has 0 spiro atoms. The second-order valence-electron chi connectivity index (χ2n) is 6.54. The molecule has 3 nitrogen and oxygen atoms in total. The van der Waals surface area contributed by atoms with E-state index in [1.807, 2.05) is 11.7 Å². The Morgan fingerprint density at radius 3 is 2.68 bits per heavy atom. The fraction of sp³-hybridized carbons (Fsp3) is 0.800. The van der Waals surface area contributed by atoms with Crippen LogP contribution in [0, 0.1) is 11.3 Å². The maximum Gasteiger partial charge on any atom is 0.0850 e. The van der Waals surface area contributed by atoms with Crippen molar-refractivity contribution in [1.82, 2.24) is 9.78 Å². The molecule has 0 bridgehead atoms. The predicted octanol–water partition coefficient (Wildman–Crippen LogP) is 3.33. The molecule has 1 saturated carbocycles. The molecule has 0 aromatic carbocycles. The molecule has 0 aliphatic heterocycles. The van der Waals surface area contributed by atoms with Gasteiger partial charge in [0.15, 0.2) is 0 Å². The first-order valence-corrected chi connectivity index (χ1v) is 7.70. The summed E-state index contributed by atoms with van der Waals surface area (Å²) in [4.78, 5) is 0. The first-order valence-electron chi connectivity index (χ1n) is 7.32. The van der Waals surface area contributed by atoms with Gasteiger partial charge in [-0.3, -0.25) is 4.68 Å². The zero-order chi connectivity index (χ0) is 14.2. The minimum Gasteiger partial charge on any atom is -0.327 e. The van der Waals surface area contributed by atoms with Crippen LogP contribution in [0.15, 0.2) is 0 Å². The minimum atomic E-state index is 0.176. The maximum absolute atomic E-state index is 6.48. The van der Waals surface area contributed by atoms with Gasteiger partial charge in [0.05, 0.1) is 16.4 Å². The molecule has 2 unspecified atom stereocenters. The van der Waals surface area contributed by atoms with Crippen LogP contribution in [0.4, 0.5) is 0 Å². The van der Waals surface area contributed by atoms with Gasteiger partial charge in [-0.25, -0.2) is 0 Å². The van der Waals surface area contributed by atoms with Gasteiger partial charge < -0.3 is 5.73 Å². The average Bonchev–Trinajstić information content (AvgIpc) is 2.82. The zero-order valence-corrected chi connectivity index (χ0v) is 13.3. The quantitative estimate of drug-likeness (QED) is 0.921. The Labute approximate surface area is 121 Å². The lowest BCUT2D eigenvalue weighted by Gasteiger charge is -2.32. The summed E-state index contributed by atoms with van der Waals surface area (Å²) in [7, 11) is 1.97. The number of hydrogen-bond acceptors (Lipinski definition) is 2. The summed E-state index contributed by atoms with van der Waals surface area (Å²) in [5.41, 5.74) is 8.91. The highest BCUT2D eigenvalue weighted by Gasteiger charge is 2.38. The number of nitrogens with two attached hydrogens (primary N) is 1. The van der Waals surface area contributed by atoms with Crippen LogP contribution in [0.3, 0.4) is 0 Å². The molecule has 2 rings (SSSR count). The second kappa shape index (κ2) is 5.45. The van der Waals surface area contributed by atoms with Crippen LogP contribution in [0.25, 0.3) is 0 Å². The summed E-state index contributed by atoms with van der Waals surface area (Å²) in [6.07, 6.45) is 5.52. The monoisotopic (exact) mass is 283 g/mol. The number of aryl methyl sites for hydroxylation is 2. The smallest absolute Gasteiger partial charge is 0.0850 e. The van der Waals surface area contributed by atoms with Crippen molar-refractivity contribution < 1.29 is 0 Å². The summed E-state index contributed by atoms with van der Waals surface area (Å²) >= 11 is 6.41. The Morgan fingerprint density at radius 2 is 2.21 bits per heavy atom. The van der Waals surface area contributed by atoms with Crippen LogP contribution in [0.2, 0.25) is 5.02 Å². The van der Waals surface area contributed by atoms with Crippen LogP contribution >= 0.6 is 11.6 Å². The lowest BCUT2D eigenvalue weighted by molar-refractivity contribution is 0.218. The third-order valence-electron chi connectivity index (χ3n) is 4.79. The highest BCUT2D eigenvalue weighted by Crippen LogP contribution is 2.44. The Morgan fingerprint density at radius 1 is 1.53 bits per heavy atom. The van der Waals surface area contributed by atoms with Gasteiger partial charge in [0.1, 0.15) is 0 Å². The van der Waals surface area contributed by atoms with Crippen molar-refractivity contribution in [2.24, 2.45) is 24.1 Å². The topological polar surface area (TPSA) is 43.8 Å². The largest absolute Gasteiger partial charge is 0.327 e. The van der Waals surface area contributed by atoms with Crippen LogP contribution < -0.4 is 5.73 Å². The standard InChI is InChI=1S/C15H26ClN3/c1-5-12-14(16)13(19(4)18-12)9-11(17)10-7-6-8-15(10,2)3/h10-11H,5-9,17H2,1-4H3. The van der Waals surface area contributed by atoms with E-state index in [2.05, 4.69) is 25.9 Å². The third kappa shape index (κ3) is 2.82. The van der Waals surface area contributed by atoms with Crippen LogP contribution in [-0.2, 0) is 19.9 Å². The van der Waals surface area contributed by atoms with Gasteiger partial charge in [-0.2, -0.15) is 5.10 Å². The molecule has 1 heterocycles. The predicted molar refractivity (Wildman–Crippen MR) is 80.4 cm³/mol. The van der Waals surface area contributed by atoms with Crippen molar-refractivity contribution in [3.05, 3.63) is 16.4 Å². The Hall–Kier alpha value is -0.540. The highest BCUT2D eigenvalue weighted by molar-refractivity contribution is 6.31. The van der Waals surface area contributed by atoms with Gasteiger partial charge in [0.25, 0.3) is 0 Å². The van der Waals surface area contributed by atoms with E-state index in [1.165, 1.54) is 19.3 Å². The van der Waals surface area contributed by atoms with E-state index in [-0.39, 0.29) is 6.04 Å². The SMILES string of the molecule is CCc1nn(C)c(CC(N)C2CCCC2(C)C)c1Cl. The molecule has 108 valence electrons. The fourth-order valence-corrected chi connectivity index (χ4v) is 3.93. The lowest BCUT2D eigenvalue weighted by atomic mass is 9.76. The van der Waals surface area contributed by atoms with Crippen molar-refractivity contribution in [1.29, 1.82) is 0 Å². The summed E-state index contributed by atoms with van der Waals surface area (Å²) in [6, 6.07) is 0.176. The van der Waals surface area contributed by atoms with Gasteiger partial charge >= 0.3 is 0 Å². The van der Waals surface area contributed by atoms with Gasteiger partial charge in [-0.1, -0.05) is 38.8 Å². The Balaban J connectivity index is 2.15. The van der Waals surface area contributed by atoms with Gasteiger partial charge in [0, 0.05) is 19.5 Å². The van der Waals surface area contributed by atoms with Crippen molar-refractivity contribution in [2.75, 3.05) is 0 Å². The average molecular weight is 284 g/mol. The number of rotatable bonds is 4. The first-order chi connectivity index (χ1) is 8.86. The molecule has 19 heavy (non-hydrogen) atoms. The van der Waals surface area contributed by atoms with Gasteiger partial charge in [-0.15, -0.1) is 0 Å². The van der Waals surface area contributed by atoms with Crippen molar-refractivity contribution in [3.8, 4) is 0 Å².